The van der Waals surface area contributed by atoms with Gasteiger partial charge in [0, 0.05) is 26.2 Å². The van der Waals surface area contributed by atoms with Gasteiger partial charge in [0.1, 0.15) is 23.7 Å². The lowest BCUT2D eigenvalue weighted by atomic mass is 10.1. The average Bonchev–Trinajstić information content (AvgIpc) is 2.61. The molecule has 6 heteroatoms. The maximum Gasteiger partial charge on any atom is 0.270 e. The summed E-state index contributed by atoms with van der Waals surface area (Å²) in [6.45, 7) is 3.49. The van der Waals surface area contributed by atoms with Gasteiger partial charge < -0.3 is 10.2 Å². The molecule has 1 amide bonds. The second-order valence-electron chi connectivity index (χ2n) is 5.67. The van der Waals surface area contributed by atoms with E-state index >= 15 is 0 Å². The van der Waals surface area contributed by atoms with Crippen LogP contribution in [0.2, 0.25) is 0 Å². The third kappa shape index (κ3) is 5.30. The first-order valence-corrected chi connectivity index (χ1v) is 8.16. The van der Waals surface area contributed by atoms with Crippen LogP contribution >= 0.6 is 0 Å². The van der Waals surface area contributed by atoms with Crippen molar-refractivity contribution in [2.24, 2.45) is 0 Å². The molecule has 2 aromatic rings. The van der Waals surface area contributed by atoms with Gasteiger partial charge in [-0.3, -0.25) is 4.79 Å². The summed E-state index contributed by atoms with van der Waals surface area (Å²) >= 11 is 0. The van der Waals surface area contributed by atoms with Crippen LogP contribution < -0.4 is 10.2 Å². The van der Waals surface area contributed by atoms with Crippen molar-refractivity contribution in [3.63, 3.8) is 0 Å². The Balaban J connectivity index is 1.88. The van der Waals surface area contributed by atoms with Gasteiger partial charge in [-0.1, -0.05) is 25.5 Å². The lowest BCUT2D eigenvalue weighted by Crippen LogP contribution is -2.27. The molecule has 0 aliphatic carbocycles. The van der Waals surface area contributed by atoms with E-state index in [1.165, 1.54) is 18.5 Å². The smallest absolute Gasteiger partial charge is 0.270 e. The Kier molecular flexibility index (Phi) is 6.66. The van der Waals surface area contributed by atoms with Crippen molar-refractivity contribution >= 4 is 11.7 Å². The van der Waals surface area contributed by atoms with E-state index in [0.717, 1.165) is 30.8 Å². The predicted octanol–water partition coefficient (Wildman–Crippen LogP) is 2.82. The van der Waals surface area contributed by atoms with Crippen LogP contribution in [-0.2, 0) is 6.42 Å². The Labute approximate surface area is 141 Å². The summed E-state index contributed by atoms with van der Waals surface area (Å²) in [6, 6.07) is 7.96. The molecule has 1 N–H and O–H groups in total. The lowest BCUT2D eigenvalue weighted by molar-refractivity contribution is 0.0949. The fourth-order valence-electron chi connectivity index (χ4n) is 2.25. The summed E-state index contributed by atoms with van der Waals surface area (Å²) in [6.07, 6.45) is 4.22. The highest BCUT2D eigenvalue weighted by molar-refractivity contribution is 5.92. The second-order valence-corrected chi connectivity index (χ2v) is 5.67. The Morgan fingerprint density at radius 3 is 2.71 bits per heavy atom. The maximum absolute atomic E-state index is 12.9. The molecule has 0 bridgehead atoms. The molecule has 2 rings (SSSR count). The van der Waals surface area contributed by atoms with Crippen LogP contribution in [0.15, 0.2) is 36.7 Å². The van der Waals surface area contributed by atoms with E-state index < -0.39 is 0 Å². The number of benzene rings is 1. The van der Waals surface area contributed by atoms with Crippen molar-refractivity contribution in [1.29, 1.82) is 0 Å². The lowest BCUT2D eigenvalue weighted by Gasteiger charge is -2.17. The molecule has 1 heterocycles. The minimum absolute atomic E-state index is 0.232. The van der Waals surface area contributed by atoms with Gasteiger partial charge in [-0.15, -0.1) is 0 Å². The van der Waals surface area contributed by atoms with Crippen LogP contribution in [0.4, 0.5) is 10.2 Å². The summed E-state index contributed by atoms with van der Waals surface area (Å²) in [7, 11) is 1.95. The molecule has 0 spiro atoms. The van der Waals surface area contributed by atoms with Crippen molar-refractivity contribution in [1.82, 2.24) is 15.3 Å². The highest BCUT2D eigenvalue weighted by Crippen LogP contribution is 2.10. The summed E-state index contributed by atoms with van der Waals surface area (Å²) in [4.78, 5) is 22.5. The molecule has 0 saturated carbocycles. The van der Waals surface area contributed by atoms with E-state index in [9.17, 15) is 9.18 Å². The molecule has 0 saturated heterocycles. The number of hydrogen-bond acceptors (Lipinski definition) is 4. The van der Waals surface area contributed by atoms with Crippen LogP contribution in [0.5, 0.6) is 0 Å². The molecular weight excluding hydrogens is 307 g/mol. The summed E-state index contributed by atoms with van der Waals surface area (Å²) in [5, 5.41) is 2.83. The number of anilines is 1. The van der Waals surface area contributed by atoms with Crippen LogP contribution in [0.3, 0.4) is 0 Å². The molecule has 24 heavy (non-hydrogen) atoms. The van der Waals surface area contributed by atoms with Gasteiger partial charge in [0.15, 0.2) is 0 Å². The van der Waals surface area contributed by atoms with Crippen molar-refractivity contribution in [2.45, 2.75) is 26.2 Å². The average molecular weight is 330 g/mol. The molecule has 0 aliphatic heterocycles. The van der Waals surface area contributed by atoms with Crippen molar-refractivity contribution < 1.29 is 9.18 Å². The molecule has 0 aliphatic rings. The van der Waals surface area contributed by atoms with E-state index in [0.29, 0.717) is 18.7 Å². The topological polar surface area (TPSA) is 58.1 Å². The number of aromatic nitrogens is 2. The number of rotatable bonds is 8. The van der Waals surface area contributed by atoms with Gasteiger partial charge in [-0.25, -0.2) is 14.4 Å². The molecule has 1 aromatic heterocycles. The SMILES string of the molecule is CCCCN(C)c1cc(C(=O)NCCc2ccc(F)cc2)ncn1. The summed E-state index contributed by atoms with van der Waals surface area (Å²) < 4.78 is 12.9. The minimum Gasteiger partial charge on any atom is -0.360 e. The Morgan fingerprint density at radius 1 is 1.25 bits per heavy atom. The number of halogens is 1. The Morgan fingerprint density at radius 2 is 2.00 bits per heavy atom. The van der Waals surface area contributed by atoms with Gasteiger partial charge >= 0.3 is 0 Å². The van der Waals surface area contributed by atoms with Crippen molar-refractivity contribution in [2.75, 3.05) is 25.0 Å². The molecule has 5 nitrogen and oxygen atoms in total. The predicted molar refractivity (Wildman–Crippen MR) is 92.6 cm³/mol. The zero-order chi connectivity index (χ0) is 17.4. The number of carbonyl (C=O) groups is 1. The zero-order valence-electron chi connectivity index (χ0n) is 14.1. The molecule has 1 aromatic carbocycles. The zero-order valence-corrected chi connectivity index (χ0v) is 14.1. The van der Waals surface area contributed by atoms with Gasteiger partial charge in [-0.2, -0.15) is 0 Å². The second kappa shape index (κ2) is 8.96. The number of nitrogens with one attached hydrogen (secondary N) is 1. The van der Waals surface area contributed by atoms with Crippen molar-refractivity contribution in [3.05, 3.63) is 53.7 Å². The number of carbonyl (C=O) groups excluding carboxylic acids is 1. The summed E-state index contributed by atoms with van der Waals surface area (Å²) in [5.74, 6) is 0.246. The highest BCUT2D eigenvalue weighted by Gasteiger charge is 2.10. The fraction of sp³-hybridized carbons (Fsp3) is 0.389. The quantitative estimate of drug-likeness (QED) is 0.808. The van der Waals surface area contributed by atoms with E-state index in [1.807, 2.05) is 11.9 Å². The monoisotopic (exact) mass is 330 g/mol. The number of nitrogens with zero attached hydrogens (tertiary/aromatic N) is 3. The third-order valence-electron chi connectivity index (χ3n) is 3.74. The van der Waals surface area contributed by atoms with Gasteiger partial charge in [0.25, 0.3) is 5.91 Å². The molecule has 0 unspecified atom stereocenters. The van der Waals surface area contributed by atoms with Gasteiger partial charge in [0.05, 0.1) is 0 Å². The van der Waals surface area contributed by atoms with Crippen LogP contribution in [0, 0.1) is 5.82 Å². The number of amides is 1. The standard InChI is InChI=1S/C18H23FN4O/c1-3-4-11-23(2)17-12-16(21-13-22-17)18(24)20-10-9-14-5-7-15(19)8-6-14/h5-8,12-13H,3-4,9-11H2,1-2H3,(H,20,24). The first-order chi connectivity index (χ1) is 11.6. The van der Waals surface area contributed by atoms with Crippen LogP contribution in [-0.4, -0.2) is 36.0 Å². The number of hydrogen-bond donors (Lipinski definition) is 1. The van der Waals surface area contributed by atoms with E-state index in [2.05, 4.69) is 22.2 Å². The largest absolute Gasteiger partial charge is 0.360 e. The van der Waals surface area contributed by atoms with Gasteiger partial charge in [0.2, 0.25) is 0 Å². The van der Waals surface area contributed by atoms with E-state index in [4.69, 9.17) is 0 Å². The van der Waals surface area contributed by atoms with Crippen LogP contribution in [0.25, 0.3) is 0 Å². The Hall–Kier alpha value is -2.50. The molecule has 128 valence electrons. The fourth-order valence-corrected chi connectivity index (χ4v) is 2.25. The van der Waals surface area contributed by atoms with Crippen LogP contribution in [0.1, 0.15) is 35.8 Å². The maximum atomic E-state index is 12.9. The summed E-state index contributed by atoms with van der Waals surface area (Å²) in [5.41, 5.74) is 1.32. The van der Waals surface area contributed by atoms with E-state index in [1.54, 1.807) is 18.2 Å². The molecular formula is C18H23FN4O. The van der Waals surface area contributed by atoms with Gasteiger partial charge in [-0.05, 0) is 30.5 Å². The minimum atomic E-state index is -0.261. The third-order valence-corrected chi connectivity index (χ3v) is 3.74. The molecule has 0 atom stereocenters. The molecule has 0 radical (unpaired) electrons. The highest BCUT2D eigenvalue weighted by atomic mass is 19.1. The van der Waals surface area contributed by atoms with E-state index in [-0.39, 0.29) is 11.7 Å². The normalized spacial score (nSPS) is 10.5. The first-order valence-electron chi connectivity index (χ1n) is 8.16. The van der Waals surface area contributed by atoms with Crippen molar-refractivity contribution in [3.8, 4) is 0 Å². The number of unbranched alkanes of at least 4 members (excludes halogenated alkanes) is 1. The first kappa shape index (κ1) is 17.8. The molecule has 0 fully saturated rings. The Bertz CT molecular complexity index is 660.